The van der Waals surface area contributed by atoms with E-state index in [0.29, 0.717) is 57.2 Å². The van der Waals surface area contributed by atoms with Crippen LogP contribution in [0.5, 0.6) is 23.0 Å². The van der Waals surface area contributed by atoms with Gasteiger partial charge in [-0.05, 0) is 48.2 Å². The van der Waals surface area contributed by atoms with Crippen molar-refractivity contribution in [2.24, 2.45) is 0 Å². The van der Waals surface area contributed by atoms with Gasteiger partial charge in [0.05, 0.1) is 34.1 Å². The van der Waals surface area contributed by atoms with Crippen LogP contribution in [-0.4, -0.2) is 64.2 Å². The van der Waals surface area contributed by atoms with Gasteiger partial charge in [0.25, 0.3) is 17.7 Å². The molecule has 0 atom stereocenters. The normalized spacial score (nSPS) is 12.3. The Morgan fingerprint density at radius 3 is 1.88 bits per heavy atom. The lowest BCUT2D eigenvalue weighted by molar-refractivity contribution is 0.0610. The molecule has 0 bridgehead atoms. The van der Waals surface area contributed by atoms with Gasteiger partial charge in [-0.25, -0.2) is 0 Å². The van der Waals surface area contributed by atoms with Gasteiger partial charge < -0.3 is 23.8 Å². The van der Waals surface area contributed by atoms with Crippen molar-refractivity contribution in [1.29, 1.82) is 0 Å². The third kappa shape index (κ3) is 4.91. The van der Waals surface area contributed by atoms with Crippen LogP contribution in [-0.2, 0) is 0 Å². The Hall–Kier alpha value is -5.05. The molecular formula is C32H30N2O7. The van der Waals surface area contributed by atoms with Crippen molar-refractivity contribution in [2.75, 3.05) is 46.4 Å². The first kappa shape index (κ1) is 27.5. The number of hydrogen-bond donors (Lipinski definition) is 0. The van der Waals surface area contributed by atoms with Crippen LogP contribution in [0.2, 0.25) is 0 Å². The van der Waals surface area contributed by atoms with Crippen LogP contribution in [0.1, 0.15) is 37.5 Å². The molecule has 4 aromatic carbocycles. The second-order valence-corrected chi connectivity index (χ2v) is 9.37. The summed E-state index contributed by atoms with van der Waals surface area (Å²) >= 11 is 0. The Morgan fingerprint density at radius 2 is 1.32 bits per heavy atom. The predicted molar refractivity (Wildman–Crippen MR) is 155 cm³/mol. The molecule has 0 radical (unpaired) electrons. The maximum Gasteiger partial charge on any atom is 0.261 e. The summed E-state index contributed by atoms with van der Waals surface area (Å²) in [5, 5.41) is 1.52. The molecule has 1 aliphatic rings. The first-order valence-corrected chi connectivity index (χ1v) is 13.1. The quantitative estimate of drug-likeness (QED) is 0.249. The molecule has 41 heavy (non-hydrogen) atoms. The van der Waals surface area contributed by atoms with Gasteiger partial charge in [0.1, 0.15) is 5.75 Å². The molecule has 9 heteroatoms. The van der Waals surface area contributed by atoms with Gasteiger partial charge in [0.15, 0.2) is 11.5 Å². The number of imide groups is 1. The van der Waals surface area contributed by atoms with E-state index in [1.165, 1.54) is 33.3 Å². The van der Waals surface area contributed by atoms with Gasteiger partial charge in [-0.3, -0.25) is 19.3 Å². The average Bonchev–Trinajstić information content (AvgIpc) is 3.02. The summed E-state index contributed by atoms with van der Waals surface area (Å²) in [6.07, 6.45) is 0.323. The minimum atomic E-state index is -0.348. The topological polar surface area (TPSA) is 94.6 Å². The highest BCUT2D eigenvalue weighted by atomic mass is 16.5. The maximum absolute atomic E-state index is 14.0. The number of carbonyl (C=O) groups excluding carboxylic acids is 3. The van der Waals surface area contributed by atoms with Gasteiger partial charge in [0.2, 0.25) is 5.75 Å². The largest absolute Gasteiger partial charge is 0.495 e. The fourth-order valence-electron chi connectivity index (χ4n) is 5.22. The van der Waals surface area contributed by atoms with Crippen LogP contribution in [0, 0.1) is 0 Å². The summed E-state index contributed by atoms with van der Waals surface area (Å²) in [7, 11) is 5.98. The Labute approximate surface area is 237 Å². The monoisotopic (exact) mass is 554 g/mol. The van der Waals surface area contributed by atoms with E-state index in [2.05, 4.69) is 0 Å². The molecule has 3 amide bonds. The van der Waals surface area contributed by atoms with Crippen LogP contribution < -0.4 is 23.8 Å². The molecule has 1 heterocycles. The summed E-state index contributed by atoms with van der Waals surface area (Å²) in [5.74, 6) is 0.505. The predicted octanol–water partition coefficient (Wildman–Crippen LogP) is 5.21. The highest BCUT2D eigenvalue weighted by Crippen LogP contribution is 2.39. The first-order chi connectivity index (χ1) is 19.9. The summed E-state index contributed by atoms with van der Waals surface area (Å²) in [5.41, 5.74) is 1.83. The number of hydrogen-bond acceptors (Lipinski definition) is 7. The molecule has 9 nitrogen and oxygen atoms in total. The lowest BCUT2D eigenvalue weighted by Crippen LogP contribution is -2.42. The fourth-order valence-corrected chi connectivity index (χ4v) is 5.22. The molecule has 0 N–H and O–H groups in total. The maximum atomic E-state index is 14.0. The van der Waals surface area contributed by atoms with Crippen molar-refractivity contribution in [3.05, 3.63) is 89.5 Å². The van der Waals surface area contributed by atoms with E-state index in [4.69, 9.17) is 18.9 Å². The van der Waals surface area contributed by atoms with Crippen molar-refractivity contribution in [3.63, 3.8) is 0 Å². The molecule has 0 fully saturated rings. The van der Waals surface area contributed by atoms with Crippen molar-refractivity contribution in [2.45, 2.75) is 6.42 Å². The standard InChI is InChI=1S/C32H30N2O7/c1-38-25-15-6-5-14-24(25)33(30(35)21-18-26(39-2)29(41-4)27(19-21)40-3)16-9-17-34-31(36)22-12-7-10-20-11-8-13-23(28(20)22)32(34)37/h5-8,10-15,18-19H,9,16-17H2,1-4H3. The molecule has 0 aliphatic carbocycles. The van der Waals surface area contributed by atoms with Crippen molar-refractivity contribution in [1.82, 2.24) is 4.90 Å². The lowest BCUT2D eigenvalue weighted by atomic mass is 9.94. The number of para-hydroxylation sites is 2. The molecule has 1 aliphatic heterocycles. The van der Waals surface area contributed by atoms with Crippen LogP contribution in [0.25, 0.3) is 10.8 Å². The third-order valence-electron chi connectivity index (χ3n) is 7.15. The number of rotatable bonds is 10. The zero-order valence-corrected chi connectivity index (χ0v) is 23.3. The zero-order chi connectivity index (χ0) is 29.1. The highest BCUT2D eigenvalue weighted by Gasteiger charge is 2.33. The van der Waals surface area contributed by atoms with Crippen LogP contribution in [0.15, 0.2) is 72.8 Å². The fraction of sp³-hybridized carbons (Fsp3) is 0.219. The number of ether oxygens (including phenoxy) is 4. The van der Waals surface area contributed by atoms with Crippen LogP contribution in [0.3, 0.4) is 0 Å². The second kappa shape index (κ2) is 11.6. The van der Waals surface area contributed by atoms with Crippen molar-refractivity contribution < 1.29 is 33.3 Å². The summed E-state index contributed by atoms with van der Waals surface area (Å²) in [6, 6.07) is 21.2. The Kier molecular flexibility index (Phi) is 7.78. The van der Waals surface area contributed by atoms with Crippen molar-refractivity contribution in [3.8, 4) is 23.0 Å². The van der Waals surface area contributed by atoms with E-state index < -0.39 is 0 Å². The molecular weight excluding hydrogens is 524 g/mol. The van der Waals surface area contributed by atoms with Gasteiger partial charge in [-0.1, -0.05) is 36.4 Å². The highest BCUT2D eigenvalue weighted by molar-refractivity contribution is 6.25. The van der Waals surface area contributed by atoms with Crippen molar-refractivity contribution >= 4 is 34.2 Å². The molecule has 0 unspecified atom stereocenters. The van der Waals surface area contributed by atoms with Gasteiger partial charge in [-0.2, -0.15) is 0 Å². The number of nitrogens with zero attached hydrogens (tertiary/aromatic N) is 2. The average molecular weight is 555 g/mol. The summed E-state index contributed by atoms with van der Waals surface area (Å²) < 4.78 is 21.9. The van der Waals surface area contributed by atoms with E-state index in [0.717, 1.165) is 5.39 Å². The minimum absolute atomic E-state index is 0.122. The Balaban J connectivity index is 1.45. The second-order valence-electron chi connectivity index (χ2n) is 9.37. The van der Waals surface area contributed by atoms with Gasteiger partial charge >= 0.3 is 0 Å². The SMILES string of the molecule is COc1ccccc1N(CCCN1C(=O)c2cccc3cccc(c23)C1=O)C(=O)c1cc(OC)c(OC)c(OC)c1. The van der Waals surface area contributed by atoms with Crippen LogP contribution in [0.4, 0.5) is 5.69 Å². The molecule has 0 aromatic heterocycles. The molecule has 0 spiro atoms. The number of benzene rings is 4. The smallest absolute Gasteiger partial charge is 0.261 e. The molecule has 0 saturated carbocycles. The summed E-state index contributed by atoms with van der Waals surface area (Å²) in [4.78, 5) is 43.6. The zero-order valence-electron chi connectivity index (χ0n) is 23.3. The molecule has 4 aromatic rings. The molecule has 210 valence electrons. The number of methoxy groups -OCH3 is 4. The first-order valence-electron chi connectivity index (χ1n) is 13.1. The molecule has 5 rings (SSSR count). The van der Waals surface area contributed by atoms with E-state index >= 15 is 0 Å². The number of carbonyl (C=O) groups is 3. The van der Waals surface area contributed by atoms with Crippen LogP contribution >= 0.6 is 0 Å². The Morgan fingerprint density at radius 1 is 0.732 bits per heavy atom. The van der Waals surface area contributed by atoms with E-state index in [1.54, 1.807) is 41.3 Å². The van der Waals surface area contributed by atoms with E-state index in [9.17, 15) is 14.4 Å². The number of amides is 3. The van der Waals surface area contributed by atoms with Gasteiger partial charge in [-0.15, -0.1) is 0 Å². The minimum Gasteiger partial charge on any atom is -0.495 e. The van der Waals surface area contributed by atoms with Gasteiger partial charge in [0, 0.05) is 35.2 Å². The Bertz CT molecular complexity index is 1570. The third-order valence-corrected chi connectivity index (χ3v) is 7.15. The van der Waals surface area contributed by atoms with E-state index in [1.807, 2.05) is 36.4 Å². The number of anilines is 1. The van der Waals surface area contributed by atoms with E-state index in [-0.39, 0.29) is 30.8 Å². The summed E-state index contributed by atoms with van der Waals surface area (Å²) in [6.45, 7) is 0.315. The molecule has 0 saturated heterocycles. The lowest BCUT2D eigenvalue weighted by Gasteiger charge is -2.29.